The minimum Gasteiger partial charge on any atom is -0.508 e. The van der Waals surface area contributed by atoms with Gasteiger partial charge in [0.15, 0.2) is 0 Å². The molecule has 1 N–H and O–H groups in total. The molecule has 90 valence electrons. The van der Waals surface area contributed by atoms with E-state index in [-0.39, 0.29) is 62.8 Å². The fraction of sp³-hybridized carbons (Fsp3) is 0. The van der Waals surface area contributed by atoms with Crippen molar-refractivity contribution in [3.8, 4) is 5.75 Å². The van der Waals surface area contributed by atoms with E-state index in [1.165, 1.54) is 12.1 Å². The van der Waals surface area contributed by atoms with Crippen LogP contribution < -0.4 is 51.4 Å². The second kappa shape index (κ2) is 7.57. The maximum absolute atomic E-state index is 10.5. The van der Waals surface area contributed by atoms with E-state index >= 15 is 0 Å². The van der Waals surface area contributed by atoms with Crippen molar-refractivity contribution >= 4 is 17.8 Å². The molecular weight excluding hydrogens is 269 g/mol. The first-order valence-electron chi connectivity index (χ1n) is 5.37. The molecule has 0 aliphatic heterocycles. The van der Waals surface area contributed by atoms with Gasteiger partial charge in [0.25, 0.3) is 5.69 Å². The summed E-state index contributed by atoms with van der Waals surface area (Å²) in [5.74, 6) is 0.225. The quantitative estimate of drug-likeness (QED) is 0.385. The second-order valence-electron chi connectivity index (χ2n) is 3.77. The Bertz CT molecular complexity index is 577. The van der Waals surface area contributed by atoms with Gasteiger partial charge in [-0.15, -0.1) is 0 Å². The standard InChI is InChI=1S/C14H11NO3.K/c16-14-9-5-12(6-10-14)2-1-11-3-7-13(8-4-11)15(17)18;/h1-10,16H;/q;+1. The van der Waals surface area contributed by atoms with E-state index in [0.29, 0.717) is 0 Å². The average molecular weight is 280 g/mol. The van der Waals surface area contributed by atoms with Crippen LogP contribution in [-0.2, 0) is 0 Å². The van der Waals surface area contributed by atoms with Crippen molar-refractivity contribution in [2.24, 2.45) is 0 Å². The van der Waals surface area contributed by atoms with Crippen molar-refractivity contribution < 1.29 is 61.4 Å². The zero-order valence-corrected chi connectivity index (χ0v) is 13.6. The van der Waals surface area contributed by atoms with Gasteiger partial charge in [0.05, 0.1) is 4.92 Å². The van der Waals surface area contributed by atoms with Crippen molar-refractivity contribution in [2.75, 3.05) is 0 Å². The molecule has 4 nitrogen and oxygen atoms in total. The van der Waals surface area contributed by atoms with E-state index in [1.54, 1.807) is 36.4 Å². The summed E-state index contributed by atoms with van der Waals surface area (Å²) in [5, 5.41) is 19.6. The summed E-state index contributed by atoms with van der Waals surface area (Å²) in [4.78, 5) is 10.1. The van der Waals surface area contributed by atoms with Gasteiger partial charge < -0.3 is 5.11 Å². The number of hydrogen-bond acceptors (Lipinski definition) is 3. The molecule has 0 radical (unpaired) electrons. The van der Waals surface area contributed by atoms with Crippen molar-refractivity contribution in [1.29, 1.82) is 0 Å². The van der Waals surface area contributed by atoms with E-state index in [1.807, 2.05) is 12.2 Å². The number of hydrogen-bond donors (Lipinski definition) is 1. The summed E-state index contributed by atoms with van der Waals surface area (Å²) in [7, 11) is 0. The van der Waals surface area contributed by atoms with Gasteiger partial charge in [-0.1, -0.05) is 24.3 Å². The molecule has 0 heterocycles. The number of nitro groups is 1. The van der Waals surface area contributed by atoms with Crippen LogP contribution in [0.2, 0.25) is 0 Å². The molecule has 0 fully saturated rings. The van der Waals surface area contributed by atoms with Gasteiger partial charge in [-0.3, -0.25) is 10.1 Å². The fourth-order valence-electron chi connectivity index (χ4n) is 1.49. The number of non-ortho nitro benzene ring substituents is 1. The third-order valence-corrected chi connectivity index (χ3v) is 2.47. The molecule has 0 aromatic heterocycles. The van der Waals surface area contributed by atoms with E-state index in [2.05, 4.69) is 0 Å². The van der Waals surface area contributed by atoms with E-state index in [0.717, 1.165) is 11.1 Å². The monoisotopic (exact) mass is 280 g/mol. The van der Waals surface area contributed by atoms with Gasteiger partial charge in [0.2, 0.25) is 0 Å². The Labute approximate surface area is 153 Å². The molecule has 0 unspecified atom stereocenters. The van der Waals surface area contributed by atoms with Crippen molar-refractivity contribution in [3.63, 3.8) is 0 Å². The SMILES string of the molecule is O=[N+]([O-])c1ccc(C=Cc2ccc(O)cc2)cc1.[K+]. The molecule has 0 atom stereocenters. The molecular formula is C14H11KNO3+. The number of nitro benzene ring substituents is 1. The van der Waals surface area contributed by atoms with Gasteiger partial charge in [-0.05, 0) is 35.4 Å². The van der Waals surface area contributed by atoms with Crippen LogP contribution in [0.4, 0.5) is 5.69 Å². The normalized spacial score (nSPS) is 10.1. The van der Waals surface area contributed by atoms with E-state index < -0.39 is 4.92 Å². The molecule has 0 amide bonds. The molecule has 0 spiro atoms. The average Bonchev–Trinajstić information content (AvgIpc) is 2.38. The Morgan fingerprint density at radius 2 is 1.32 bits per heavy atom. The van der Waals surface area contributed by atoms with Crippen LogP contribution in [0, 0.1) is 10.1 Å². The molecule has 19 heavy (non-hydrogen) atoms. The van der Waals surface area contributed by atoms with Gasteiger partial charge in [-0.25, -0.2) is 0 Å². The van der Waals surface area contributed by atoms with Crippen LogP contribution in [0.5, 0.6) is 5.75 Å². The topological polar surface area (TPSA) is 63.4 Å². The predicted molar refractivity (Wildman–Crippen MR) is 70.1 cm³/mol. The van der Waals surface area contributed by atoms with Gasteiger partial charge in [0, 0.05) is 12.1 Å². The Morgan fingerprint density at radius 1 is 0.895 bits per heavy atom. The van der Waals surface area contributed by atoms with E-state index in [9.17, 15) is 10.1 Å². The summed E-state index contributed by atoms with van der Waals surface area (Å²) in [6.45, 7) is 0. The fourth-order valence-corrected chi connectivity index (χ4v) is 1.49. The molecule has 0 bridgehead atoms. The first-order chi connectivity index (χ1) is 8.65. The first kappa shape index (κ1) is 16.1. The van der Waals surface area contributed by atoms with Gasteiger partial charge >= 0.3 is 51.4 Å². The van der Waals surface area contributed by atoms with Crippen LogP contribution in [0.15, 0.2) is 48.5 Å². The van der Waals surface area contributed by atoms with Crippen LogP contribution >= 0.6 is 0 Å². The summed E-state index contributed by atoms with van der Waals surface area (Å²) < 4.78 is 0. The molecule has 5 heteroatoms. The smallest absolute Gasteiger partial charge is 0.508 e. The summed E-state index contributed by atoms with van der Waals surface area (Å²) in [6, 6.07) is 13.1. The minimum absolute atomic E-state index is 0. The number of phenolic OH excluding ortho intramolecular Hbond substituents is 1. The maximum Gasteiger partial charge on any atom is 1.00 e. The Morgan fingerprint density at radius 3 is 1.74 bits per heavy atom. The van der Waals surface area contributed by atoms with Crippen molar-refractivity contribution in [2.45, 2.75) is 0 Å². The van der Waals surface area contributed by atoms with Gasteiger partial charge in [-0.2, -0.15) is 0 Å². The molecule has 0 aliphatic rings. The largest absolute Gasteiger partial charge is 1.00 e. The summed E-state index contributed by atoms with van der Waals surface area (Å²) in [5.41, 5.74) is 1.91. The Balaban J connectivity index is 0.00000180. The second-order valence-corrected chi connectivity index (χ2v) is 3.77. The van der Waals surface area contributed by atoms with Crippen molar-refractivity contribution in [1.82, 2.24) is 0 Å². The van der Waals surface area contributed by atoms with Crippen LogP contribution in [0.1, 0.15) is 11.1 Å². The van der Waals surface area contributed by atoms with Crippen LogP contribution in [0.25, 0.3) is 12.2 Å². The number of benzene rings is 2. The predicted octanol–water partition coefficient (Wildman–Crippen LogP) is 0.475. The molecule has 0 saturated carbocycles. The van der Waals surface area contributed by atoms with E-state index in [4.69, 9.17) is 5.11 Å². The third-order valence-electron chi connectivity index (χ3n) is 2.47. The number of rotatable bonds is 3. The molecule has 0 saturated heterocycles. The molecule has 2 rings (SSSR count). The summed E-state index contributed by atoms with van der Waals surface area (Å²) >= 11 is 0. The molecule has 2 aromatic carbocycles. The molecule has 0 aliphatic carbocycles. The van der Waals surface area contributed by atoms with Crippen LogP contribution in [-0.4, -0.2) is 10.0 Å². The van der Waals surface area contributed by atoms with Crippen molar-refractivity contribution in [3.05, 3.63) is 69.8 Å². The zero-order chi connectivity index (χ0) is 13.0. The Kier molecular flexibility index (Phi) is 6.40. The number of phenols is 1. The number of nitrogens with zero attached hydrogens (tertiary/aromatic N) is 1. The van der Waals surface area contributed by atoms with Crippen LogP contribution in [0.3, 0.4) is 0 Å². The van der Waals surface area contributed by atoms with Gasteiger partial charge in [0.1, 0.15) is 5.75 Å². The summed E-state index contributed by atoms with van der Waals surface area (Å²) in [6.07, 6.45) is 3.73. The molecule has 2 aromatic rings. The third kappa shape index (κ3) is 4.89. The minimum atomic E-state index is -0.423. The first-order valence-corrected chi connectivity index (χ1v) is 5.37. The number of aromatic hydroxyl groups is 1. The maximum atomic E-state index is 10.5. The zero-order valence-electron chi connectivity index (χ0n) is 10.5. The Hall–Kier alpha value is -0.984.